The zero-order valence-electron chi connectivity index (χ0n) is 11.9. The molecule has 100 valence electrons. The summed E-state index contributed by atoms with van der Waals surface area (Å²) in [4.78, 5) is 2.39. The number of hydrogen-bond acceptors (Lipinski definition) is 2. The van der Waals surface area contributed by atoms with E-state index in [1.807, 2.05) is 0 Å². The summed E-state index contributed by atoms with van der Waals surface area (Å²) >= 11 is 0. The molecule has 0 saturated heterocycles. The molecule has 0 amide bonds. The average molecular weight is 247 g/mol. The van der Waals surface area contributed by atoms with Crippen molar-refractivity contribution in [1.82, 2.24) is 4.90 Å². The predicted octanol–water partition coefficient (Wildman–Crippen LogP) is 3.34. The summed E-state index contributed by atoms with van der Waals surface area (Å²) in [6.07, 6.45) is 3.69. The van der Waals surface area contributed by atoms with E-state index in [1.54, 1.807) is 0 Å². The summed E-state index contributed by atoms with van der Waals surface area (Å²) in [6, 6.07) is 6.78. The van der Waals surface area contributed by atoms with Crippen LogP contribution in [0.15, 0.2) is 18.2 Å². The standard InChI is InChI=1S/C16H25NO/c1-4-9-17(3)10-7-16-15-6-5-13(2)12-14(15)8-11-18-16/h5-6,12,16H,4,7-11H2,1-3H3. The Bertz CT molecular complexity index is 389. The molecule has 0 saturated carbocycles. The van der Waals surface area contributed by atoms with E-state index in [-0.39, 0.29) is 0 Å². The first-order valence-electron chi connectivity index (χ1n) is 7.10. The van der Waals surface area contributed by atoms with Gasteiger partial charge in [0.2, 0.25) is 0 Å². The van der Waals surface area contributed by atoms with E-state index in [0.29, 0.717) is 6.10 Å². The van der Waals surface area contributed by atoms with Crippen LogP contribution in [-0.2, 0) is 11.2 Å². The van der Waals surface area contributed by atoms with Crippen LogP contribution in [0, 0.1) is 6.92 Å². The number of rotatable bonds is 5. The Morgan fingerprint density at radius 3 is 2.94 bits per heavy atom. The van der Waals surface area contributed by atoms with Gasteiger partial charge in [0.1, 0.15) is 0 Å². The Balaban J connectivity index is 1.99. The van der Waals surface area contributed by atoms with E-state index in [2.05, 4.69) is 44.0 Å². The van der Waals surface area contributed by atoms with Gasteiger partial charge in [0.15, 0.2) is 0 Å². The summed E-state index contributed by atoms with van der Waals surface area (Å²) < 4.78 is 5.95. The summed E-state index contributed by atoms with van der Waals surface area (Å²) in [5.74, 6) is 0. The van der Waals surface area contributed by atoms with Crippen molar-refractivity contribution in [2.24, 2.45) is 0 Å². The fraction of sp³-hybridized carbons (Fsp3) is 0.625. The van der Waals surface area contributed by atoms with Crippen molar-refractivity contribution in [3.63, 3.8) is 0 Å². The zero-order valence-corrected chi connectivity index (χ0v) is 11.9. The van der Waals surface area contributed by atoms with Gasteiger partial charge in [-0.05, 0) is 50.9 Å². The Morgan fingerprint density at radius 1 is 1.33 bits per heavy atom. The second kappa shape index (κ2) is 6.35. The van der Waals surface area contributed by atoms with Crippen LogP contribution >= 0.6 is 0 Å². The zero-order chi connectivity index (χ0) is 13.0. The second-order valence-corrected chi connectivity index (χ2v) is 5.40. The van der Waals surface area contributed by atoms with E-state index < -0.39 is 0 Å². The first-order chi connectivity index (χ1) is 8.70. The molecule has 0 spiro atoms. The molecule has 1 aliphatic heterocycles. The maximum Gasteiger partial charge on any atom is 0.0839 e. The molecule has 2 nitrogen and oxygen atoms in total. The minimum atomic E-state index is 0.300. The summed E-state index contributed by atoms with van der Waals surface area (Å²) in [5, 5.41) is 0. The Hall–Kier alpha value is -0.860. The quantitative estimate of drug-likeness (QED) is 0.791. The van der Waals surface area contributed by atoms with E-state index in [1.165, 1.54) is 29.7 Å². The number of benzene rings is 1. The average Bonchev–Trinajstić information content (AvgIpc) is 2.36. The molecule has 1 heterocycles. The van der Waals surface area contributed by atoms with Gasteiger partial charge < -0.3 is 9.64 Å². The number of aryl methyl sites for hydroxylation is 1. The van der Waals surface area contributed by atoms with Crippen molar-refractivity contribution in [2.75, 3.05) is 26.7 Å². The van der Waals surface area contributed by atoms with Gasteiger partial charge >= 0.3 is 0 Å². The van der Waals surface area contributed by atoms with Crippen LogP contribution in [0.1, 0.15) is 42.6 Å². The Kier molecular flexibility index (Phi) is 4.79. The molecule has 0 fully saturated rings. The summed E-state index contributed by atoms with van der Waals surface area (Å²) in [5.41, 5.74) is 4.26. The minimum Gasteiger partial charge on any atom is -0.373 e. The third kappa shape index (κ3) is 3.33. The number of fused-ring (bicyclic) bond motifs is 1. The van der Waals surface area contributed by atoms with Gasteiger partial charge in [0.05, 0.1) is 12.7 Å². The van der Waals surface area contributed by atoms with Gasteiger partial charge in [-0.1, -0.05) is 30.7 Å². The fourth-order valence-corrected chi connectivity index (χ4v) is 2.74. The number of ether oxygens (including phenoxy) is 1. The van der Waals surface area contributed by atoms with Crippen LogP contribution in [0.5, 0.6) is 0 Å². The molecule has 1 aliphatic rings. The summed E-state index contributed by atoms with van der Waals surface area (Å²) in [7, 11) is 2.20. The van der Waals surface area contributed by atoms with Gasteiger partial charge in [0, 0.05) is 6.54 Å². The van der Waals surface area contributed by atoms with E-state index in [0.717, 1.165) is 26.0 Å². The van der Waals surface area contributed by atoms with E-state index in [9.17, 15) is 0 Å². The van der Waals surface area contributed by atoms with Gasteiger partial charge in [-0.2, -0.15) is 0 Å². The highest BCUT2D eigenvalue weighted by Gasteiger charge is 2.20. The lowest BCUT2D eigenvalue weighted by atomic mass is 9.94. The predicted molar refractivity (Wildman–Crippen MR) is 76.0 cm³/mol. The molecule has 0 N–H and O–H groups in total. The van der Waals surface area contributed by atoms with E-state index in [4.69, 9.17) is 4.74 Å². The molecule has 0 aromatic heterocycles. The second-order valence-electron chi connectivity index (χ2n) is 5.40. The summed E-state index contributed by atoms with van der Waals surface area (Å²) in [6.45, 7) is 7.56. The molecular formula is C16H25NO. The topological polar surface area (TPSA) is 12.5 Å². The lowest BCUT2D eigenvalue weighted by Crippen LogP contribution is -2.25. The Morgan fingerprint density at radius 2 is 2.17 bits per heavy atom. The van der Waals surface area contributed by atoms with E-state index >= 15 is 0 Å². The first kappa shape index (κ1) is 13.6. The SMILES string of the molecule is CCCN(C)CCC1OCCc2cc(C)ccc21. The van der Waals surface area contributed by atoms with Crippen molar-refractivity contribution in [3.8, 4) is 0 Å². The molecule has 0 aliphatic carbocycles. The van der Waals surface area contributed by atoms with Crippen LogP contribution in [0.3, 0.4) is 0 Å². The molecular weight excluding hydrogens is 222 g/mol. The maximum absolute atomic E-state index is 5.95. The molecule has 18 heavy (non-hydrogen) atoms. The molecule has 2 heteroatoms. The molecule has 1 aromatic carbocycles. The third-order valence-corrected chi connectivity index (χ3v) is 3.71. The molecule has 1 atom stereocenters. The third-order valence-electron chi connectivity index (χ3n) is 3.71. The lowest BCUT2D eigenvalue weighted by molar-refractivity contribution is 0.0309. The largest absolute Gasteiger partial charge is 0.373 e. The van der Waals surface area contributed by atoms with Gasteiger partial charge in [-0.25, -0.2) is 0 Å². The number of hydrogen-bond donors (Lipinski definition) is 0. The minimum absolute atomic E-state index is 0.300. The Labute approximate surface area is 111 Å². The number of nitrogens with zero attached hydrogens (tertiary/aromatic N) is 1. The van der Waals surface area contributed by atoms with Crippen molar-refractivity contribution in [3.05, 3.63) is 34.9 Å². The van der Waals surface area contributed by atoms with Crippen molar-refractivity contribution in [2.45, 2.75) is 39.2 Å². The molecule has 2 rings (SSSR count). The highest BCUT2D eigenvalue weighted by atomic mass is 16.5. The monoisotopic (exact) mass is 247 g/mol. The normalized spacial score (nSPS) is 19.0. The molecule has 1 unspecified atom stereocenters. The van der Waals surface area contributed by atoms with Crippen LogP contribution < -0.4 is 0 Å². The fourth-order valence-electron chi connectivity index (χ4n) is 2.74. The lowest BCUT2D eigenvalue weighted by Gasteiger charge is -2.28. The van der Waals surface area contributed by atoms with Gasteiger partial charge in [-0.15, -0.1) is 0 Å². The molecule has 0 bridgehead atoms. The van der Waals surface area contributed by atoms with Crippen molar-refractivity contribution >= 4 is 0 Å². The van der Waals surface area contributed by atoms with Crippen LogP contribution in [-0.4, -0.2) is 31.6 Å². The maximum atomic E-state index is 5.95. The van der Waals surface area contributed by atoms with Gasteiger partial charge in [-0.3, -0.25) is 0 Å². The van der Waals surface area contributed by atoms with Crippen molar-refractivity contribution < 1.29 is 4.74 Å². The van der Waals surface area contributed by atoms with Gasteiger partial charge in [0.25, 0.3) is 0 Å². The highest BCUT2D eigenvalue weighted by molar-refractivity contribution is 5.34. The van der Waals surface area contributed by atoms with Crippen LogP contribution in [0.4, 0.5) is 0 Å². The van der Waals surface area contributed by atoms with Crippen LogP contribution in [0.25, 0.3) is 0 Å². The molecule has 1 aromatic rings. The smallest absolute Gasteiger partial charge is 0.0839 e. The first-order valence-corrected chi connectivity index (χ1v) is 7.10. The highest BCUT2D eigenvalue weighted by Crippen LogP contribution is 2.30. The molecule has 0 radical (unpaired) electrons. The van der Waals surface area contributed by atoms with Crippen LogP contribution in [0.2, 0.25) is 0 Å². The van der Waals surface area contributed by atoms with Crippen molar-refractivity contribution in [1.29, 1.82) is 0 Å².